The van der Waals surface area contributed by atoms with Gasteiger partial charge in [0.15, 0.2) is 0 Å². The Labute approximate surface area is 93.2 Å². The van der Waals surface area contributed by atoms with Gasteiger partial charge in [0.05, 0.1) is 9.50 Å². The zero-order valence-electron chi connectivity index (χ0n) is 7.20. The summed E-state index contributed by atoms with van der Waals surface area (Å²) < 4.78 is 1.31. The monoisotopic (exact) mass is 279 g/mol. The van der Waals surface area contributed by atoms with Gasteiger partial charge < -0.3 is 5.11 Å². The summed E-state index contributed by atoms with van der Waals surface area (Å²) in [7, 11) is 0. The van der Waals surface area contributed by atoms with Crippen molar-refractivity contribution < 1.29 is 9.90 Å². The average Bonchev–Trinajstić information content (AvgIpc) is 2.09. The highest BCUT2D eigenvalue weighted by atomic mass is 79.9. The van der Waals surface area contributed by atoms with E-state index in [0.717, 1.165) is 4.57 Å². The largest absolute Gasteiger partial charge is 0.480 e. The van der Waals surface area contributed by atoms with E-state index in [9.17, 15) is 9.59 Å². The first-order valence-electron chi connectivity index (χ1n) is 3.73. The topological polar surface area (TPSA) is 59.3 Å². The number of rotatable bonds is 2. The number of carboxylic acid groups (broad SMARTS) is 1. The third kappa shape index (κ3) is 2.16. The molecule has 0 saturated carbocycles. The molecule has 14 heavy (non-hydrogen) atoms. The van der Waals surface area contributed by atoms with Crippen molar-refractivity contribution in [2.75, 3.05) is 0 Å². The number of hydrogen-bond acceptors (Lipinski definition) is 2. The summed E-state index contributed by atoms with van der Waals surface area (Å²) in [5, 5.41) is 9.03. The standard InChI is InChI=1S/C8H7BrClNO3/c1-4(8(13)14)11-3-5(10)2-6(9)7(11)12/h2-4H,1H3,(H,13,14). The summed E-state index contributed by atoms with van der Waals surface area (Å²) in [5.41, 5.74) is -0.413. The summed E-state index contributed by atoms with van der Waals surface area (Å²) in [6.07, 6.45) is 1.30. The van der Waals surface area contributed by atoms with Crippen molar-refractivity contribution in [3.63, 3.8) is 0 Å². The van der Waals surface area contributed by atoms with Crippen molar-refractivity contribution >= 4 is 33.5 Å². The molecule has 1 N–H and O–H groups in total. The Hall–Kier alpha value is -0.810. The third-order valence-electron chi connectivity index (χ3n) is 1.74. The zero-order chi connectivity index (χ0) is 10.9. The van der Waals surface area contributed by atoms with Crippen LogP contribution in [0.3, 0.4) is 0 Å². The highest BCUT2D eigenvalue weighted by Gasteiger charge is 2.16. The van der Waals surface area contributed by atoms with Crippen LogP contribution in [-0.4, -0.2) is 15.6 Å². The second-order valence-corrected chi connectivity index (χ2v) is 4.02. The lowest BCUT2D eigenvalue weighted by molar-refractivity contribution is -0.140. The van der Waals surface area contributed by atoms with Crippen LogP contribution in [-0.2, 0) is 4.79 Å². The fourth-order valence-corrected chi connectivity index (χ4v) is 1.74. The molecule has 1 aromatic rings. The number of aliphatic carboxylic acids is 1. The molecule has 0 aromatic carbocycles. The van der Waals surface area contributed by atoms with Crippen LogP contribution in [0.15, 0.2) is 21.5 Å². The molecule has 0 spiro atoms. The van der Waals surface area contributed by atoms with Gasteiger partial charge in [0.1, 0.15) is 6.04 Å². The van der Waals surface area contributed by atoms with Crippen LogP contribution >= 0.6 is 27.5 Å². The first kappa shape index (κ1) is 11.3. The predicted molar refractivity (Wildman–Crippen MR) is 55.8 cm³/mol. The van der Waals surface area contributed by atoms with Crippen molar-refractivity contribution in [2.45, 2.75) is 13.0 Å². The number of nitrogens with zero attached hydrogens (tertiary/aromatic N) is 1. The molecule has 6 heteroatoms. The van der Waals surface area contributed by atoms with Crippen molar-refractivity contribution in [3.8, 4) is 0 Å². The van der Waals surface area contributed by atoms with Gasteiger partial charge in [-0.3, -0.25) is 9.36 Å². The maximum Gasteiger partial charge on any atom is 0.326 e. The minimum absolute atomic E-state index is 0.248. The van der Waals surface area contributed by atoms with E-state index in [-0.39, 0.29) is 4.47 Å². The quantitative estimate of drug-likeness (QED) is 0.900. The SMILES string of the molecule is CC(C(=O)O)n1cc(Cl)cc(Br)c1=O. The van der Waals surface area contributed by atoms with Gasteiger partial charge in [-0.1, -0.05) is 11.6 Å². The minimum atomic E-state index is -1.08. The molecule has 76 valence electrons. The van der Waals surface area contributed by atoms with Crippen molar-refractivity contribution in [1.29, 1.82) is 0 Å². The number of halogens is 2. The Kier molecular flexibility index (Phi) is 3.34. The van der Waals surface area contributed by atoms with E-state index in [0.29, 0.717) is 5.02 Å². The second kappa shape index (κ2) is 4.14. The molecule has 0 bridgehead atoms. The van der Waals surface area contributed by atoms with Crippen LogP contribution in [0.5, 0.6) is 0 Å². The molecule has 1 rings (SSSR count). The molecule has 4 nitrogen and oxygen atoms in total. The van der Waals surface area contributed by atoms with E-state index in [2.05, 4.69) is 15.9 Å². The lowest BCUT2D eigenvalue weighted by Crippen LogP contribution is -2.27. The van der Waals surface area contributed by atoms with Crippen LogP contribution in [0.2, 0.25) is 5.02 Å². The summed E-state index contributed by atoms with van der Waals surface area (Å²) >= 11 is 8.69. The summed E-state index contributed by atoms with van der Waals surface area (Å²) in [5.74, 6) is -1.08. The molecule has 0 amide bonds. The van der Waals surface area contributed by atoms with Gasteiger partial charge in [-0.05, 0) is 28.9 Å². The molecule has 0 fully saturated rings. The lowest BCUT2D eigenvalue weighted by atomic mass is 10.3. The highest BCUT2D eigenvalue weighted by Crippen LogP contribution is 2.14. The van der Waals surface area contributed by atoms with E-state index in [4.69, 9.17) is 16.7 Å². The fourth-order valence-electron chi connectivity index (χ4n) is 0.942. The first-order chi connectivity index (χ1) is 6.43. The van der Waals surface area contributed by atoms with E-state index < -0.39 is 17.6 Å². The molecular weight excluding hydrogens is 273 g/mol. The Morgan fingerprint density at radius 1 is 1.71 bits per heavy atom. The van der Waals surface area contributed by atoms with Crippen LogP contribution in [0.1, 0.15) is 13.0 Å². The molecule has 0 aliphatic carbocycles. The van der Waals surface area contributed by atoms with E-state index in [1.165, 1.54) is 19.2 Å². The van der Waals surface area contributed by atoms with Gasteiger partial charge in [0.25, 0.3) is 5.56 Å². The van der Waals surface area contributed by atoms with Gasteiger partial charge in [-0.2, -0.15) is 0 Å². The van der Waals surface area contributed by atoms with Crippen LogP contribution in [0, 0.1) is 0 Å². The van der Waals surface area contributed by atoms with E-state index in [1.54, 1.807) is 0 Å². The van der Waals surface area contributed by atoms with Crippen LogP contribution < -0.4 is 5.56 Å². The van der Waals surface area contributed by atoms with Crippen molar-refractivity contribution in [1.82, 2.24) is 4.57 Å². The molecule has 0 aliphatic heterocycles. The number of hydrogen-bond donors (Lipinski definition) is 1. The smallest absolute Gasteiger partial charge is 0.326 e. The Bertz CT molecular complexity index is 429. The fraction of sp³-hybridized carbons (Fsp3) is 0.250. The molecule has 1 heterocycles. The second-order valence-electron chi connectivity index (χ2n) is 2.73. The minimum Gasteiger partial charge on any atom is -0.480 e. The summed E-state index contributed by atoms with van der Waals surface area (Å²) in [6.45, 7) is 1.41. The van der Waals surface area contributed by atoms with Crippen LogP contribution in [0.4, 0.5) is 0 Å². The highest BCUT2D eigenvalue weighted by molar-refractivity contribution is 9.10. The molecule has 1 atom stereocenters. The Balaban J connectivity index is 3.34. The summed E-state index contributed by atoms with van der Waals surface area (Å²) in [4.78, 5) is 22.1. The number of carbonyl (C=O) groups is 1. The zero-order valence-corrected chi connectivity index (χ0v) is 9.54. The Morgan fingerprint density at radius 2 is 2.29 bits per heavy atom. The molecular formula is C8H7BrClNO3. The Morgan fingerprint density at radius 3 is 2.79 bits per heavy atom. The van der Waals surface area contributed by atoms with Gasteiger partial charge in [-0.25, -0.2) is 4.79 Å². The maximum absolute atomic E-state index is 11.5. The van der Waals surface area contributed by atoms with Gasteiger partial charge >= 0.3 is 5.97 Å². The number of pyridine rings is 1. The summed E-state index contributed by atoms with van der Waals surface area (Å²) in [6, 6.07) is 0.493. The normalized spacial score (nSPS) is 12.5. The van der Waals surface area contributed by atoms with Gasteiger partial charge in [0, 0.05) is 6.20 Å². The predicted octanol–water partition coefficient (Wildman–Crippen LogP) is 1.91. The molecule has 0 radical (unpaired) electrons. The first-order valence-corrected chi connectivity index (χ1v) is 4.90. The molecule has 0 saturated heterocycles. The van der Waals surface area contributed by atoms with E-state index in [1.807, 2.05) is 0 Å². The number of aromatic nitrogens is 1. The number of carboxylic acids is 1. The van der Waals surface area contributed by atoms with E-state index >= 15 is 0 Å². The molecule has 1 unspecified atom stereocenters. The lowest BCUT2D eigenvalue weighted by Gasteiger charge is -2.10. The van der Waals surface area contributed by atoms with Crippen molar-refractivity contribution in [2.24, 2.45) is 0 Å². The molecule has 0 aliphatic rings. The third-order valence-corrected chi connectivity index (χ3v) is 2.52. The van der Waals surface area contributed by atoms with Crippen molar-refractivity contribution in [3.05, 3.63) is 32.1 Å². The van der Waals surface area contributed by atoms with Gasteiger partial charge in [0.2, 0.25) is 0 Å². The maximum atomic E-state index is 11.5. The molecule has 1 aromatic heterocycles. The van der Waals surface area contributed by atoms with Gasteiger partial charge in [-0.15, -0.1) is 0 Å². The average molecular weight is 281 g/mol. The van der Waals surface area contributed by atoms with Crippen LogP contribution in [0.25, 0.3) is 0 Å².